The number of carbonyl (C=O) groups is 2. The highest BCUT2D eigenvalue weighted by Crippen LogP contribution is 2.16. The molecule has 0 fully saturated rings. The Morgan fingerprint density at radius 2 is 0.776 bits per heavy atom. The van der Waals surface area contributed by atoms with Crippen LogP contribution in [0.15, 0.2) is 36.5 Å². The van der Waals surface area contributed by atoms with E-state index >= 15 is 0 Å². The van der Waals surface area contributed by atoms with Gasteiger partial charge >= 0.3 is 11.9 Å². The Kier molecular flexibility index (Phi) is 47.9. The summed E-state index contributed by atoms with van der Waals surface area (Å²) in [6.07, 6.45) is 58.6. The standard InChI is InChI=1S/C53H98O5/c1-4-7-10-13-16-19-22-24-26-27-29-30-32-34-37-40-43-46-52(54)57-50-51(49-56-48-45-42-39-36-21-18-15-12-9-6-3)58-53(55)47-44-41-38-35-33-31-28-25-23-20-17-14-11-8-5-2/h8,11,17,20,25,28,51H,4-7,9-10,12-16,18-19,21-24,26-27,29-50H2,1-3H3/b11-8-,20-17-,28-25-. The third-order valence-corrected chi connectivity index (χ3v) is 11.2. The topological polar surface area (TPSA) is 61.8 Å². The van der Waals surface area contributed by atoms with E-state index in [1.807, 2.05) is 0 Å². The fraction of sp³-hybridized carbons (Fsp3) is 0.849. The van der Waals surface area contributed by atoms with Gasteiger partial charge in [0.05, 0.1) is 6.61 Å². The number of hydrogen-bond donors (Lipinski definition) is 0. The van der Waals surface area contributed by atoms with Crippen molar-refractivity contribution in [1.29, 1.82) is 0 Å². The second-order valence-corrected chi connectivity index (χ2v) is 17.1. The molecule has 0 amide bonds. The quantitative estimate of drug-likeness (QED) is 0.0348. The minimum atomic E-state index is -0.537. The van der Waals surface area contributed by atoms with Gasteiger partial charge in [0.15, 0.2) is 6.10 Å². The molecule has 0 bridgehead atoms. The zero-order valence-electron chi connectivity index (χ0n) is 39.1. The van der Waals surface area contributed by atoms with Crippen molar-refractivity contribution in [2.24, 2.45) is 0 Å². The molecule has 5 heteroatoms. The first kappa shape index (κ1) is 56.1. The number of allylic oxidation sites excluding steroid dienone is 6. The molecule has 0 spiro atoms. The Hall–Kier alpha value is -1.88. The molecule has 0 aliphatic rings. The first-order valence-electron chi connectivity index (χ1n) is 25.5. The van der Waals surface area contributed by atoms with E-state index in [0.717, 1.165) is 64.2 Å². The molecule has 0 N–H and O–H groups in total. The number of esters is 2. The second kappa shape index (κ2) is 49.5. The van der Waals surface area contributed by atoms with Crippen LogP contribution in [0.2, 0.25) is 0 Å². The first-order chi connectivity index (χ1) is 28.6. The first-order valence-corrected chi connectivity index (χ1v) is 25.5. The molecule has 0 heterocycles. The second-order valence-electron chi connectivity index (χ2n) is 17.1. The summed E-state index contributed by atoms with van der Waals surface area (Å²) in [7, 11) is 0. The lowest BCUT2D eigenvalue weighted by Gasteiger charge is -2.18. The van der Waals surface area contributed by atoms with Crippen LogP contribution in [0.4, 0.5) is 0 Å². The summed E-state index contributed by atoms with van der Waals surface area (Å²) in [6, 6.07) is 0. The number of carbonyl (C=O) groups excluding carboxylic acids is 2. The molecule has 0 aromatic heterocycles. The average Bonchev–Trinajstić information content (AvgIpc) is 3.22. The average molecular weight is 815 g/mol. The minimum absolute atomic E-state index is 0.0841. The van der Waals surface area contributed by atoms with Crippen molar-refractivity contribution < 1.29 is 23.8 Å². The molecule has 0 rings (SSSR count). The predicted molar refractivity (Wildman–Crippen MR) is 252 cm³/mol. The number of hydrogen-bond acceptors (Lipinski definition) is 5. The van der Waals surface area contributed by atoms with Gasteiger partial charge in [0.2, 0.25) is 0 Å². The molecule has 0 radical (unpaired) electrons. The van der Waals surface area contributed by atoms with Gasteiger partial charge in [-0.05, 0) is 51.4 Å². The minimum Gasteiger partial charge on any atom is -0.462 e. The molecule has 0 aromatic rings. The molecule has 0 aliphatic heterocycles. The van der Waals surface area contributed by atoms with E-state index in [9.17, 15) is 9.59 Å². The highest BCUT2D eigenvalue weighted by Gasteiger charge is 2.17. The van der Waals surface area contributed by atoms with Crippen molar-refractivity contribution in [3.05, 3.63) is 36.5 Å². The Balaban J connectivity index is 4.20. The van der Waals surface area contributed by atoms with E-state index in [-0.39, 0.29) is 25.2 Å². The summed E-state index contributed by atoms with van der Waals surface area (Å²) >= 11 is 0. The fourth-order valence-corrected chi connectivity index (χ4v) is 7.41. The van der Waals surface area contributed by atoms with Gasteiger partial charge < -0.3 is 14.2 Å². The third-order valence-electron chi connectivity index (χ3n) is 11.2. The predicted octanol–water partition coefficient (Wildman–Crippen LogP) is 17.0. The maximum absolute atomic E-state index is 12.8. The number of rotatable bonds is 47. The van der Waals surface area contributed by atoms with Gasteiger partial charge in [-0.1, -0.05) is 237 Å². The molecule has 1 atom stereocenters. The molecular formula is C53H98O5. The van der Waals surface area contributed by atoms with Crippen LogP contribution in [-0.4, -0.2) is 37.9 Å². The van der Waals surface area contributed by atoms with E-state index in [1.165, 1.54) is 167 Å². The zero-order chi connectivity index (χ0) is 42.1. The molecule has 58 heavy (non-hydrogen) atoms. The largest absolute Gasteiger partial charge is 0.462 e. The SMILES string of the molecule is CC/C=C\C/C=C\C/C=C\CCCCCCCC(=O)OC(COCCCCCCCCCCCC)COC(=O)CCCCCCCCCCCCCCCCCCC. The molecule has 5 nitrogen and oxygen atoms in total. The Labute approximate surface area is 361 Å². The van der Waals surface area contributed by atoms with Crippen LogP contribution in [0.1, 0.15) is 265 Å². The molecule has 1 unspecified atom stereocenters. The number of unbranched alkanes of at least 4 members (excludes halogenated alkanes) is 30. The summed E-state index contributed by atoms with van der Waals surface area (Å²) in [5.74, 6) is -0.402. The summed E-state index contributed by atoms with van der Waals surface area (Å²) in [5.41, 5.74) is 0. The molecule has 0 aliphatic carbocycles. The van der Waals surface area contributed by atoms with Crippen molar-refractivity contribution in [2.45, 2.75) is 271 Å². The van der Waals surface area contributed by atoms with Crippen molar-refractivity contribution in [3.8, 4) is 0 Å². The van der Waals surface area contributed by atoms with Gasteiger partial charge in [-0.15, -0.1) is 0 Å². The van der Waals surface area contributed by atoms with E-state index < -0.39 is 6.10 Å². The van der Waals surface area contributed by atoms with Crippen molar-refractivity contribution >= 4 is 11.9 Å². The molecule has 0 saturated carbocycles. The monoisotopic (exact) mass is 815 g/mol. The van der Waals surface area contributed by atoms with Gasteiger partial charge in [-0.25, -0.2) is 0 Å². The molecule has 340 valence electrons. The molecular weight excluding hydrogens is 717 g/mol. The lowest BCUT2D eigenvalue weighted by atomic mass is 10.0. The van der Waals surface area contributed by atoms with Gasteiger partial charge in [0.1, 0.15) is 6.61 Å². The van der Waals surface area contributed by atoms with Crippen LogP contribution in [0, 0.1) is 0 Å². The van der Waals surface area contributed by atoms with E-state index in [4.69, 9.17) is 14.2 Å². The van der Waals surface area contributed by atoms with Crippen LogP contribution in [-0.2, 0) is 23.8 Å². The summed E-state index contributed by atoms with van der Waals surface area (Å²) in [6.45, 7) is 7.74. The maximum atomic E-state index is 12.8. The summed E-state index contributed by atoms with van der Waals surface area (Å²) in [4.78, 5) is 25.3. The highest BCUT2D eigenvalue weighted by molar-refractivity contribution is 5.70. The van der Waals surface area contributed by atoms with Crippen molar-refractivity contribution in [1.82, 2.24) is 0 Å². The zero-order valence-corrected chi connectivity index (χ0v) is 39.1. The van der Waals surface area contributed by atoms with Gasteiger partial charge in [0, 0.05) is 19.4 Å². The summed E-state index contributed by atoms with van der Waals surface area (Å²) in [5, 5.41) is 0. The van der Waals surface area contributed by atoms with Crippen LogP contribution in [0.3, 0.4) is 0 Å². The Morgan fingerprint density at radius 1 is 0.397 bits per heavy atom. The lowest BCUT2D eigenvalue weighted by Crippen LogP contribution is -2.30. The smallest absolute Gasteiger partial charge is 0.306 e. The lowest BCUT2D eigenvalue weighted by molar-refractivity contribution is -0.163. The van der Waals surface area contributed by atoms with Gasteiger partial charge in [-0.2, -0.15) is 0 Å². The van der Waals surface area contributed by atoms with Gasteiger partial charge in [-0.3, -0.25) is 9.59 Å². The van der Waals surface area contributed by atoms with Crippen LogP contribution in [0.5, 0.6) is 0 Å². The maximum Gasteiger partial charge on any atom is 0.306 e. The fourth-order valence-electron chi connectivity index (χ4n) is 7.41. The van der Waals surface area contributed by atoms with Crippen LogP contribution in [0.25, 0.3) is 0 Å². The number of ether oxygens (including phenoxy) is 3. The molecule has 0 aromatic carbocycles. The normalized spacial score (nSPS) is 12.4. The Bertz CT molecular complexity index is 924. The summed E-state index contributed by atoms with van der Waals surface area (Å²) < 4.78 is 17.4. The van der Waals surface area contributed by atoms with Crippen LogP contribution >= 0.6 is 0 Å². The highest BCUT2D eigenvalue weighted by atomic mass is 16.6. The molecule has 0 saturated heterocycles. The Morgan fingerprint density at radius 3 is 1.24 bits per heavy atom. The van der Waals surface area contributed by atoms with Crippen molar-refractivity contribution in [3.63, 3.8) is 0 Å². The van der Waals surface area contributed by atoms with E-state index in [2.05, 4.69) is 57.2 Å². The van der Waals surface area contributed by atoms with Crippen LogP contribution < -0.4 is 0 Å². The van der Waals surface area contributed by atoms with E-state index in [1.54, 1.807) is 0 Å². The third kappa shape index (κ3) is 46.8. The van der Waals surface area contributed by atoms with Gasteiger partial charge in [0.25, 0.3) is 0 Å². The van der Waals surface area contributed by atoms with Crippen molar-refractivity contribution in [2.75, 3.05) is 19.8 Å². The van der Waals surface area contributed by atoms with E-state index in [0.29, 0.717) is 19.4 Å².